The smallest absolute Gasteiger partial charge is 0.148 e. The second-order valence-corrected chi connectivity index (χ2v) is 6.87. The van der Waals surface area contributed by atoms with Crippen LogP contribution in [0.3, 0.4) is 0 Å². The summed E-state index contributed by atoms with van der Waals surface area (Å²) in [6.45, 7) is 2.59. The standard InChI is InChI=1S/C13H19F2NO2S/c1-3-6-16-12(9-19(2,17)18)8-10-7-11(14)4-5-13(10)15/h4-5,7,12,16H,3,6,8-9H2,1-2H3. The molecule has 0 saturated heterocycles. The molecule has 1 rings (SSSR count). The average Bonchev–Trinajstić information content (AvgIpc) is 2.29. The third kappa shape index (κ3) is 6.11. The Morgan fingerprint density at radius 1 is 1.32 bits per heavy atom. The van der Waals surface area contributed by atoms with Crippen LogP contribution in [-0.2, 0) is 16.3 Å². The van der Waals surface area contributed by atoms with Gasteiger partial charge < -0.3 is 5.32 Å². The third-order valence-corrected chi connectivity index (χ3v) is 3.67. The number of hydrogen-bond donors (Lipinski definition) is 1. The van der Waals surface area contributed by atoms with E-state index in [0.717, 1.165) is 30.9 Å². The monoisotopic (exact) mass is 291 g/mol. The molecule has 1 atom stereocenters. The van der Waals surface area contributed by atoms with Crippen LogP contribution in [0, 0.1) is 11.6 Å². The molecule has 0 radical (unpaired) electrons. The molecular weight excluding hydrogens is 272 g/mol. The summed E-state index contributed by atoms with van der Waals surface area (Å²) in [7, 11) is -3.18. The minimum Gasteiger partial charge on any atom is -0.313 e. The maximum Gasteiger partial charge on any atom is 0.148 e. The summed E-state index contributed by atoms with van der Waals surface area (Å²) in [4.78, 5) is 0. The maximum atomic E-state index is 13.5. The summed E-state index contributed by atoms with van der Waals surface area (Å²) in [5.74, 6) is -1.13. The van der Waals surface area contributed by atoms with E-state index < -0.39 is 27.5 Å². The second kappa shape index (κ2) is 6.96. The molecule has 0 heterocycles. The van der Waals surface area contributed by atoms with E-state index in [9.17, 15) is 17.2 Å². The zero-order valence-electron chi connectivity index (χ0n) is 11.1. The molecule has 0 aliphatic rings. The quantitative estimate of drug-likeness (QED) is 0.835. The van der Waals surface area contributed by atoms with Gasteiger partial charge in [0, 0.05) is 12.3 Å². The molecule has 0 spiro atoms. The number of halogens is 2. The lowest BCUT2D eigenvalue weighted by Gasteiger charge is -2.18. The Bertz CT molecular complexity index is 517. The minimum atomic E-state index is -3.18. The predicted molar refractivity (Wildman–Crippen MR) is 71.9 cm³/mol. The molecule has 19 heavy (non-hydrogen) atoms. The fourth-order valence-electron chi connectivity index (χ4n) is 1.87. The summed E-state index contributed by atoms with van der Waals surface area (Å²) >= 11 is 0. The van der Waals surface area contributed by atoms with Crippen LogP contribution in [0.1, 0.15) is 18.9 Å². The Balaban J connectivity index is 2.83. The third-order valence-electron chi connectivity index (χ3n) is 2.66. The topological polar surface area (TPSA) is 46.2 Å². The lowest BCUT2D eigenvalue weighted by Crippen LogP contribution is -2.38. The molecule has 3 nitrogen and oxygen atoms in total. The molecular formula is C13H19F2NO2S. The first kappa shape index (κ1) is 16.0. The van der Waals surface area contributed by atoms with Crippen molar-refractivity contribution in [3.63, 3.8) is 0 Å². The molecule has 0 aromatic heterocycles. The second-order valence-electron chi connectivity index (χ2n) is 4.68. The van der Waals surface area contributed by atoms with Gasteiger partial charge in [-0.3, -0.25) is 0 Å². The number of sulfone groups is 1. The van der Waals surface area contributed by atoms with Crippen molar-refractivity contribution in [1.29, 1.82) is 0 Å². The van der Waals surface area contributed by atoms with Gasteiger partial charge in [0.25, 0.3) is 0 Å². The largest absolute Gasteiger partial charge is 0.313 e. The number of benzene rings is 1. The van der Waals surface area contributed by atoms with Crippen molar-refractivity contribution >= 4 is 9.84 Å². The normalized spacial score (nSPS) is 13.5. The summed E-state index contributed by atoms with van der Waals surface area (Å²) in [5, 5.41) is 3.05. The first-order valence-electron chi connectivity index (χ1n) is 6.17. The van der Waals surface area contributed by atoms with Gasteiger partial charge in [-0.1, -0.05) is 6.92 Å². The fourth-order valence-corrected chi connectivity index (χ4v) is 2.84. The van der Waals surface area contributed by atoms with E-state index >= 15 is 0 Å². The van der Waals surface area contributed by atoms with E-state index in [1.807, 2.05) is 6.92 Å². The Kier molecular flexibility index (Phi) is 5.87. The zero-order valence-corrected chi connectivity index (χ0v) is 11.9. The molecule has 0 aliphatic heterocycles. The van der Waals surface area contributed by atoms with Crippen LogP contribution in [-0.4, -0.2) is 33.0 Å². The van der Waals surface area contributed by atoms with Gasteiger partial charge in [0.1, 0.15) is 21.5 Å². The molecule has 1 aromatic carbocycles. The van der Waals surface area contributed by atoms with E-state index in [0.29, 0.717) is 6.54 Å². The highest BCUT2D eigenvalue weighted by molar-refractivity contribution is 7.90. The van der Waals surface area contributed by atoms with Crippen LogP contribution >= 0.6 is 0 Å². The lowest BCUT2D eigenvalue weighted by atomic mass is 10.1. The Hall–Kier alpha value is -1.01. The van der Waals surface area contributed by atoms with Gasteiger partial charge in [0.05, 0.1) is 5.75 Å². The van der Waals surface area contributed by atoms with Gasteiger partial charge in [0.2, 0.25) is 0 Å². The van der Waals surface area contributed by atoms with E-state index in [2.05, 4.69) is 5.32 Å². The van der Waals surface area contributed by atoms with E-state index in [4.69, 9.17) is 0 Å². The SMILES string of the molecule is CCCNC(Cc1cc(F)ccc1F)CS(C)(=O)=O. The molecule has 1 N–H and O–H groups in total. The maximum absolute atomic E-state index is 13.5. The van der Waals surface area contributed by atoms with Crippen molar-refractivity contribution in [2.45, 2.75) is 25.8 Å². The first-order valence-corrected chi connectivity index (χ1v) is 8.23. The Labute approximate surface area is 112 Å². The van der Waals surface area contributed by atoms with Crippen LogP contribution in [0.2, 0.25) is 0 Å². The molecule has 1 unspecified atom stereocenters. The van der Waals surface area contributed by atoms with Gasteiger partial charge in [-0.25, -0.2) is 17.2 Å². The molecule has 108 valence electrons. The number of nitrogens with one attached hydrogen (secondary N) is 1. The van der Waals surface area contributed by atoms with Crippen molar-refractivity contribution in [3.05, 3.63) is 35.4 Å². The molecule has 1 aromatic rings. The van der Waals surface area contributed by atoms with Crippen molar-refractivity contribution in [2.24, 2.45) is 0 Å². The Morgan fingerprint density at radius 2 is 2.00 bits per heavy atom. The van der Waals surface area contributed by atoms with Crippen molar-refractivity contribution in [1.82, 2.24) is 5.32 Å². The van der Waals surface area contributed by atoms with Crippen molar-refractivity contribution < 1.29 is 17.2 Å². The van der Waals surface area contributed by atoms with E-state index in [1.54, 1.807) is 0 Å². The molecule has 0 aliphatic carbocycles. The summed E-state index contributed by atoms with van der Waals surface area (Å²) in [6.07, 6.45) is 2.12. The highest BCUT2D eigenvalue weighted by Gasteiger charge is 2.17. The molecule has 0 saturated carbocycles. The summed E-state index contributed by atoms with van der Waals surface area (Å²) in [6, 6.07) is 2.80. The van der Waals surface area contributed by atoms with Gasteiger partial charge in [-0.2, -0.15) is 0 Å². The summed E-state index contributed by atoms with van der Waals surface area (Å²) in [5.41, 5.74) is 0.192. The molecule has 0 amide bonds. The van der Waals surface area contributed by atoms with E-state index in [1.165, 1.54) is 0 Å². The minimum absolute atomic E-state index is 0.0943. The van der Waals surface area contributed by atoms with Crippen LogP contribution in [0.25, 0.3) is 0 Å². The highest BCUT2D eigenvalue weighted by Crippen LogP contribution is 2.12. The number of rotatable bonds is 7. The van der Waals surface area contributed by atoms with Crippen molar-refractivity contribution in [3.8, 4) is 0 Å². The zero-order chi connectivity index (χ0) is 14.5. The van der Waals surface area contributed by atoms with Gasteiger partial charge in [-0.15, -0.1) is 0 Å². The summed E-state index contributed by atoms with van der Waals surface area (Å²) < 4.78 is 49.3. The predicted octanol–water partition coefficient (Wildman–Crippen LogP) is 1.92. The van der Waals surface area contributed by atoms with Gasteiger partial charge in [0.15, 0.2) is 0 Å². The fraction of sp³-hybridized carbons (Fsp3) is 0.538. The molecule has 6 heteroatoms. The number of hydrogen-bond acceptors (Lipinski definition) is 3. The van der Waals surface area contributed by atoms with Crippen LogP contribution in [0.4, 0.5) is 8.78 Å². The first-order chi connectivity index (χ1) is 8.81. The van der Waals surface area contributed by atoms with Crippen LogP contribution in [0.15, 0.2) is 18.2 Å². The molecule has 0 bridgehead atoms. The van der Waals surface area contributed by atoms with Gasteiger partial charge >= 0.3 is 0 Å². The lowest BCUT2D eigenvalue weighted by molar-refractivity contribution is 0.513. The van der Waals surface area contributed by atoms with Crippen LogP contribution in [0.5, 0.6) is 0 Å². The average molecular weight is 291 g/mol. The van der Waals surface area contributed by atoms with Crippen LogP contribution < -0.4 is 5.32 Å². The van der Waals surface area contributed by atoms with Gasteiger partial charge in [-0.05, 0) is 43.1 Å². The Morgan fingerprint density at radius 3 is 2.58 bits per heavy atom. The highest BCUT2D eigenvalue weighted by atomic mass is 32.2. The van der Waals surface area contributed by atoms with E-state index in [-0.39, 0.29) is 17.7 Å². The van der Waals surface area contributed by atoms with Crippen molar-refractivity contribution in [2.75, 3.05) is 18.6 Å². The molecule has 0 fully saturated rings.